The van der Waals surface area contributed by atoms with Crippen molar-refractivity contribution >= 4 is 5.82 Å². The van der Waals surface area contributed by atoms with Crippen LogP contribution < -0.4 is 4.74 Å². The van der Waals surface area contributed by atoms with Gasteiger partial charge in [-0.1, -0.05) is 6.07 Å². The molecule has 1 aliphatic rings. The molecule has 0 radical (unpaired) electrons. The van der Waals surface area contributed by atoms with E-state index in [1.165, 1.54) is 29.2 Å². The number of imidazole rings is 1. The zero-order chi connectivity index (χ0) is 21.3. The summed E-state index contributed by atoms with van der Waals surface area (Å²) in [5, 5.41) is 10.8. The molecule has 0 N–H and O–H groups in total. The van der Waals surface area contributed by atoms with Gasteiger partial charge in [0.2, 0.25) is 0 Å². The van der Waals surface area contributed by atoms with Crippen LogP contribution >= 0.6 is 0 Å². The molecule has 0 spiro atoms. The fraction of sp³-hybridized carbons (Fsp3) is 0.294. The molecule has 0 fully saturated rings. The van der Waals surface area contributed by atoms with Crippen molar-refractivity contribution in [1.82, 2.24) is 24.5 Å². The number of ether oxygens (including phenoxy) is 2. The number of pyridine rings is 1. The predicted octanol–water partition coefficient (Wildman–Crippen LogP) is 2.64. The normalized spacial score (nSPS) is 16.0. The van der Waals surface area contributed by atoms with Gasteiger partial charge in [0, 0.05) is 34.7 Å². The van der Waals surface area contributed by atoms with Crippen LogP contribution in [-0.4, -0.2) is 42.1 Å². The van der Waals surface area contributed by atoms with Gasteiger partial charge in [-0.3, -0.25) is 9.55 Å². The molecule has 0 saturated carbocycles. The van der Waals surface area contributed by atoms with Crippen molar-refractivity contribution < 1.29 is 27.6 Å². The Hall–Kier alpha value is -3.61. The first-order chi connectivity index (χ1) is 14.3. The first kappa shape index (κ1) is 19.7. The summed E-state index contributed by atoms with van der Waals surface area (Å²) in [6, 6.07) is 2.35. The van der Waals surface area contributed by atoms with Gasteiger partial charge in [0.1, 0.15) is 31.2 Å². The second kappa shape index (κ2) is 7.67. The van der Waals surface area contributed by atoms with Crippen LogP contribution in [0.3, 0.4) is 0 Å². The van der Waals surface area contributed by atoms with E-state index in [1.807, 2.05) is 0 Å². The Kier molecular flexibility index (Phi) is 5.03. The Morgan fingerprint density at radius 3 is 2.57 bits per heavy atom. The largest absolute Gasteiger partial charge is 0.443 e. The highest BCUT2D eigenvalue weighted by molar-refractivity contribution is 5.60. The van der Waals surface area contributed by atoms with Crippen LogP contribution in [0.5, 0.6) is 6.01 Å². The van der Waals surface area contributed by atoms with Crippen LogP contribution in [0, 0.1) is 10.1 Å². The molecule has 13 heteroatoms. The van der Waals surface area contributed by atoms with Gasteiger partial charge in [-0.2, -0.15) is 13.2 Å². The second-order valence-electron chi connectivity index (χ2n) is 6.35. The third-order valence-corrected chi connectivity index (χ3v) is 4.25. The summed E-state index contributed by atoms with van der Waals surface area (Å²) in [4.78, 5) is 25.6. The fourth-order valence-electron chi connectivity index (χ4n) is 2.76. The minimum Gasteiger partial charge on any atom is -0.443 e. The summed E-state index contributed by atoms with van der Waals surface area (Å²) in [6.45, 7) is 0.556. The van der Waals surface area contributed by atoms with Gasteiger partial charge in [-0.25, -0.2) is 9.97 Å². The first-order valence-electron chi connectivity index (χ1n) is 8.60. The zero-order valence-corrected chi connectivity index (χ0v) is 15.1. The molecule has 3 aromatic rings. The number of fused-ring (bicyclic) bond motifs is 1. The monoisotopic (exact) mass is 422 g/mol. The summed E-state index contributed by atoms with van der Waals surface area (Å²) in [7, 11) is 0. The number of alkyl halides is 3. The maximum Gasteiger partial charge on any atom is 0.433 e. The Bertz CT molecular complexity index is 1050. The van der Waals surface area contributed by atoms with Crippen molar-refractivity contribution in [2.24, 2.45) is 0 Å². The van der Waals surface area contributed by atoms with E-state index in [9.17, 15) is 23.3 Å². The lowest BCUT2D eigenvalue weighted by Crippen LogP contribution is -2.32. The van der Waals surface area contributed by atoms with Crippen LogP contribution in [0.2, 0.25) is 0 Å². The maximum atomic E-state index is 12.6. The number of aromatic nitrogens is 5. The highest BCUT2D eigenvalue weighted by Crippen LogP contribution is 2.28. The molecule has 4 heterocycles. The molecule has 1 aliphatic heterocycles. The van der Waals surface area contributed by atoms with Crippen LogP contribution in [0.4, 0.5) is 19.0 Å². The molecule has 30 heavy (non-hydrogen) atoms. The molecule has 156 valence electrons. The van der Waals surface area contributed by atoms with E-state index in [4.69, 9.17) is 9.47 Å². The van der Waals surface area contributed by atoms with Gasteiger partial charge in [-0.15, -0.1) is 0 Å². The molecule has 1 atom stereocenters. The minimum absolute atomic E-state index is 0.0612. The number of nitro groups is 1. The van der Waals surface area contributed by atoms with E-state index in [-0.39, 0.29) is 31.1 Å². The van der Waals surface area contributed by atoms with Crippen molar-refractivity contribution in [3.8, 4) is 17.1 Å². The summed E-state index contributed by atoms with van der Waals surface area (Å²) >= 11 is 0. The summed E-state index contributed by atoms with van der Waals surface area (Å²) in [6.07, 6.45) is 0.429. The molecule has 3 aromatic heterocycles. The molecule has 0 aromatic carbocycles. The zero-order valence-electron chi connectivity index (χ0n) is 15.1. The Balaban J connectivity index is 1.35. The SMILES string of the molecule is O=[N+]([O-])c1cn2c(n1)OC[C@@H](OCc1ncc(-c3ccc(C(F)(F)F)nc3)cn1)C2. The molecule has 0 unspecified atom stereocenters. The molecule has 0 bridgehead atoms. The van der Waals surface area contributed by atoms with Gasteiger partial charge < -0.3 is 19.6 Å². The van der Waals surface area contributed by atoms with Gasteiger partial charge in [0.05, 0.1) is 6.54 Å². The van der Waals surface area contributed by atoms with Crippen molar-refractivity contribution in [1.29, 1.82) is 0 Å². The highest BCUT2D eigenvalue weighted by Gasteiger charge is 2.32. The van der Waals surface area contributed by atoms with Gasteiger partial charge in [-0.05, 0) is 11.0 Å². The quantitative estimate of drug-likeness (QED) is 0.455. The third-order valence-electron chi connectivity index (χ3n) is 4.25. The number of hydrogen-bond donors (Lipinski definition) is 0. The Morgan fingerprint density at radius 1 is 1.20 bits per heavy atom. The lowest BCUT2D eigenvalue weighted by atomic mass is 10.1. The molecule has 10 nitrogen and oxygen atoms in total. The number of nitrogens with zero attached hydrogens (tertiary/aromatic N) is 6. The van der Waals surface area contributed by atoms with Crippen LogP contribution in [0.25, 0.3) is 11.1 Å². The van der Waals surface area contributed by atoms with Crippen LogP contribution in [0.15, 0.2) is 36.9 Å². The highest BCUT2D eigenvalue weighted by atomic mass is 19.4. The van der Waals surface area contributed by atoms with Gasteiger partial charge in [0.15, 0.2) is 5.82 Å². The molecule has 0 saturated heterocycles. The van der Waals surface area contributed by atoms with Crippen molar-refractivity contribution in [3.05, 3.63) is 58.6 Å². The molecule has 4 rings (SSSR count). The number of rotatable bonds is 5. The summed E-state index contributed by atoms with van der Waals surface area (Å²) in [5.74, 6) is 0.0587. The van der Waals surface area contributed by atoms with E-state index in [1.54, 1.807) is 0 Å². The van der Waals surface area contributed by atoms with Crippen LogP contribution in [0.1, 0.15) is 11.5 Å². The van der Waals surface area contributed by atoms with E-state index >= 15 is 0 Å². The molecule has 0 amide bonds. The third kappa shape index (κ3) is 4.20. The maximum absolute atomic E-state index is 12.6. The van der Waals surface area contributed by atoms with E-state index < -0.39 is 16.8 Å². The topological polar surface area (TPSA) is 118 Å². The fourth-order valence-corrected chi connectivity index (χ4v) is 2.76. The summed E-state index contributed by atoms with van der Waals surface area (Å²) in [5.41, 5.74) is -0.0139. The number of halogens is 3. The average Bonchev–Trinajstić information content (AvgIpc) is 3.16. The standard InChI is InChI=1S/C17H13F3N6O4/c18-17(19,20)13-2-1-10(3-21-13)11-4-22-14(23-5-11)9-29-12-6-25-7-15(26(27)28)24-16(25)30-8-12/h1-5,7,12H,6,8-9H2/t12-/m0/s1. The predicted molar refractivity (Wildman–Crippen MR) is 93.2 cm³/mol. The van der Waals surface area contributed by atoms with Crippen molar-refractivity contribution in [2.45, 2.75) is 25.4 Å². The smallest absolute Gasteiger partial charge is 0.433 e. The summed E-state index contributed by atoms with van der Waals surface area (Å²) < 4.78 is 50.3. The van der Waals surface area contributed by atoms with Crippen molar-refractivity contribution in [2.75, 3.05) is 6.61 Å². The average molecular weight is 422 g/mol. The molecule has 0 aliphatic carbocycles. The van der Waals surface area contributed by atoms with Gasteiger partial charge in [0.25, 0.3) is 0 Å². The molecular weight excluding hydrogens is 409 g/mol. The van der Waals surface area contributed by atoms with E-state index in [0.29, 0.717) is 23.5 Å². The van der Waals surface area contributed by atoms with Crippen LogP contribution in [-0.2, 0) is 24.1 Å². The number of hydrogen-bond acceptors (Lipinski definition) is 8. The van der Waals surface area contributed by atoms with E-state index in [2.05, 4.69) is 19.9 Å². The lowest BCUT2D eigenvalue weighted by molar-refractivity contribution is -0.389. The van der Waals surface area contributed by atoms with Gasteiger partial charge >= 0.3 is 18.0 Å². The minimum atomic E-state index is -4.50. The second-order valence-corrected chi connectivity index (χ2v) is 6.35. The first-order valence-corrected chi connectivity index (χ1v) is 8.60. The van der Waals surface area contributed by atoms with Crippen molar-refractivity contribution in [3.63, 3.8) is 0 Å². The molecular formula is C17H13F3N6O4. The van der Waals surface area contributed by atoms with E-state index in [0.717, 1.165) is 12.3 Å². The Labute approximate surface area is 166 Å². The Morgan fingerprint density at radius 2 is 1.93 bits per heavy atom. The lowest BCUT2D eigenvalue weighted by Gasteiger charge is -2.21.